The lowest BCUT2D eigenvalue weighted by Crippen LogP contribution is -2.17. The van der Waals surface area contributed by atoms with Crippen LogP contribution in [0.4, 0.5) is 4.39 Å². The van der Waals surface area contributed by atoms with Crippen molar-refractivity contribution in [3.05, 3.63) is 29.1 Å². The van der Waals surface area contributed by atoms with Crippen molar-refractivity contribution in [3.8, 4) is 0 Å². The quantitative estimate of drug-likeness (QED) is 0.828. The summed E-state index contributed by atoms with van der Waals surface area (Å²) in [6.07, 6.45) is 0. The molecule has 0 unspecified atom stereocenters. The van der Waals surface area contributed by atoms with Gasteiger partial charge in [0, 0.05) is 12.1 Å². The van der Waals surface area contributed by atoms with Gasteiger partial charge in [0.25, 0.3) is 0 Å². The maximum atomic E-state index is 13.6. The summed E-state index contributed by atoms with van der Waals surface area (Å²) in [4.78, 5) is -0.0562. The molecule has 0 aliphatic rings. The van der Waals surface area contributed by atoms with E-state index in [4.69, 9.17) is 5.14 Å². The van der Waals surface area contributed by atoms with E-state index >= 15 is 0 Å². The van der Waals surface area contributed by atoms with Crippen molar-refractivity contribution >= 4 is 10.0 Å². The van der Waals surface area contributed by atoms with Gasteiger partial charge in [-0.1, -0.05) is 6.92 Å². The highest BCUT2D eigenvalue weighted by Gasteiger charge is 2.14. The molecule has 0 atom stereocenters. The molecule has 0 fully saturated rings. The summed E-state index contributed by atoms with van der Waals surface area (Å²) in [5.74, 6) is -0.395. The molecule has 0 amide bonds. The number of aryl methyl sites for hydroxylation is 1. The maximum Gasteiger partial charge on any atom is 0.238 e. The van der Waals surface area contributed by atoms with Gasteiger partial charge in [-0.15, -0.1) is 0 Å². The molecular weight excluding hydrogens is 231 g/mol. The minimum Gasteiger partial charge on any atom is -0.313 e. The van der Waals surface area contributed by atoms with Crippen LogP contribution in [0, 0.1) is 12.7 Å². The zero-order chi connectivity index (χ0) is 12.3. The topological polar surface area (TPSA) is 72.2 Å². The minimum atomic E-state index is -3.78. The van der Waals surface area contributed by atoms with E-state index < -0.39 is 15.8 Å². The third kappa shape index (κ3) is 3.01. The van der Waals surface area contributed by atoms with Crippen molar-refractivity contribution in [3.63, 3.8) is 0 Å². The Hall–Kier alpha value is -0.980. The van der Waals surface area contributed by atoms with E-state index in [9.17, 15) is 12.8 Å². The summed E-state index contributed by atoms with van der Waals surface area (Å²) in [7, 11) is -3.78. The molecule has 6 heteroatoms. The zero-order valence-corrected chi connectivity index (χ0v) is 10.1. The van der Waals surface area contributed by atoms with Crippen LogP contribution in [0.1, 0.15) is 18.1 Å². The first-order valence-electron chi connectivity index (χ1n) is 4.88. The molecule has 0 saturated heterocycles. The highest BCUT2D eigenvalue weighted by atomic mass is 32.2. The molecular formula is C10H15FN2O2S. The number of rotatable bonds is 4. The second kappa shape index (κ2) is 4.90. The molecule has 16 heavy (non-hydrogen) atoms. The van der Waals surface area contributed by atoms with Gasteiger partial charge in [0.1, 0.15) is 5.82 Å². The monoisotopic (exact) mass is 246 g/mol. The van der Waals surface area contributed by atoms with Gasteiger partial charge in [-0.05, 0) is 31.2 Å². The molecule has 90 valence electrons. The average Bonchev–Trinajstić information content (AvgIpc) is 2.18. The summed E-state index contributed by atoms with van der Waals surface area (Å²) in [6, 6.07) is 2.50. The number of nitrogens with two attached hydrogens (primary N) is 1. The maximum absolute atomic E-state index is 13.6. The lowest BCUT2D eigenvalue weighted by atomic mass is 10.1. The number of hydrogen-bond acceptors (Lipinski definition) is 3. The van der Waals surface area contributed by atoms with E-state index in [0.717, 1.165) is 0 Å². The number of nitrogens with one attached hydrogen (secondary N) is 1. The van der Waals surface area contributed by atoms with Gasteiger partial charge < -0.3 is 5.32 Å². The molecule has 0 heterocycles. The van der Waals surface area contributed by atoms with Gasteiger partial charge in [-0.3, -0.25) is 0 Å². The SMILES string of the molecule is CCNCc1cc(S(N)(=O)=O)cc(C)c1F. The molecule has 0 aliphatic carbocycles. The fourth-order valence-electron chi connectivity index (χ4n) is 1.36. The summed E-state index contributed by atoms with van der Waals surface area (Å²) < 4.78 is 35.9. The van der Waals surface area contributed by atoms with E-state index in [0.29, 0.717) is 12.1 Å². The third-order valence-electron chi connectivity index (χ3n) is 2.20. The molecule has 0 saturated carbocycles. The molecule has 0 aliphatic heterocycles. The highest BCUT2D eigenvalue weighted by Crippen LogP contribution is 2.18. The summed E-state index contributed by atoms with van der Waals surface area (Å²) in [5, 5.41) is 7.94. The van der Waals surface area contributed by atoms with Crippen LogP contribution >= 0.6 is 0 Å². The second-order valence-electron chi connectivity index (χ2n) is 3.54. The van der Waals surface area contributed by atoms with Crippen molar-refractivity contribution in [2.75, 3.05) is 6.54 Å². The lowest BCUT2D eigenvalue weighted by molar-refractivity contribution is 0.579. The van der Waals surface area contributed by atoms with Gasteiger partial charge in [-0.25, -0.2) is 17.9 Å². The van der Waals surface area contributed by atoms with Crippen molar-refractivity contribution < 1.29 is 12.8 Å². The van der Waals surface area contributed by atoms with E-state index in [1.807, 2.05) is 6.92 Å². The highest BCUT2D eigenvalue weighted by molar-refractivity contribution is 7.89. The number of hydrogen-bond donors (Lipinski definition) is 2. The van der Waals surface area contributed by atoms with Gasteiger partial charge >= 0.3 is 0 Å². The van der Waals surface area contributed by atoms with Crippen molar-refractivity contribution in [2.24, 2.45) is 5.14 Å². The lowest BCUT2D eigenvalue weighted by Gasteiger charge is -2.08. The molecule has 0 spiro atoms. The number of primary sulfonamides is 1. The summed E-state index contributed by atoms with van der Waals surface area (Å²) in [6.45, 7) is 4.36. The Morgan fingerprint density at radius 3 is 2.56 bits per heavy atom. The molecule has 0 bridgehead atoms. The Labute approximate surface area is 94.7 Å². The van der Waals surface area contributed by atoms with E-state index in [2.05, 4.69) is 5.32 Å². The second-order valence-corrected chi connectivity index (χ2v) is 5.10. The van der Waals surface area contributed by atoms with Crippen LogP contribution in [0.3, 0.4) is 0 Å². The number of benzene rings is 1. The first-order valence-corrected chi connectivity index (χ1v) is 6.43. The van der Waals surface area contributed by atoms with Crippen LogP contribution in [-0.4, -0.2) is 15.0 Å². The number of sulfonamides is 1. The molecule has 4 nitrogen and oxygen atoms in total. The van der Waals surface area contributed by atoms with Crippen LogP contribution in [0.5, 0.6) is 0 Å². The van der Waals surface area contributed by atoms with Crippen LogP contribution < -0.4 is 10.5 Å². The smallest absolute Gasteiger partial charge is 0.238 e. The average molecular weight is 246 g/mol. The third-order valence-corrected chi connectivity index (χ3v) is 3.09. The Bertz CT molecular complexity index is 486. The van der Waals surface area contributed by atoms with Gasteiger partial charge in [-0.2, -0.15) is 0 Å². The van der Waals surface area contributed by atoms with Crippen LogP contribution in [-0.2, 0) is 16.6 Å². The normalized spacial score (nSPS) is 11.8. The first-order chi connectivity index (χ1) is 7.36. The molecule has 0 aromatic heterocycles. The first kappa shape index (κ1) is 13.1. The predicted octanol–water partition coefficient (Wildman–Crippen LogP) is 0.891. The van der Waals surface area contributed by atoms with Crippen LogP contribution in [0.25, 0.3) is 0 Å². The van der Waals surface area contributed by atoms with Crippen molar-refractivity contribution in [1.29, 1.82) is 0 Å². The number of halogens is 1. The molecule has 0 radical (unpaired) electrons. The van der Waals surface area contributed by atoms with E-state index in [-0.39, 0.29) is 17.0 Å². The summed E-state index contributed by atoms with van der Waals surface area (Å²) in [5.41, 5.74) is 0.588. The van der Waals surface area contributed by atoms with Crippen LogP contribution in [0.15, 0.2) is 17.0 Å². The van der Waals surface area contributed by atoms with Crippen LogP contribution in [0.2, 0.25) is 0 Å². The molecule has 1 rings (SSSR count). The fraction of sp³-hybridized carbons (Fsp3) is 0.400. The molecule has 1 aromatic carbocycles. The fourth-order valence-corrected chi connectivity index (χ4v) is 2.01. The Morgan fingerprint density at radius 2 is 2.06 bits per heavy atom. The van der Waals surface area contributed by atoms with Gasteiger partial charge in [0.15, 0.2) is 0 Å². The van der Waals surface area contributed by atoms with Crippen molar-refractivity contribution in [1.82, 2.24) is 5.32 Å². The molecule has 1 aromatic rings. The predicted molar refractivity (Wildman–Crippen MR) is 59.9 cm³/mol. The van der Waals surface area contributed by atoms with E-state index in [1.165, 1.54) is 19.1 Å². The largest absolute Gasteiger partial charge is 0.313 e. The Morgan fingerprint density at radius 1 is 1.44 bits per heavy atom. The van der Waals surface area contributed by atoms with Crippen molar-refractivity contribution in [2.45, 2.75) is 25.3 Å². The van der Waals surface area contributed by atoms with Gasteiger partial charge in [0.2, 0.25) is 10.0 Å². The molecule has 3 N–H and O–H groups in total. The Balaban J connectivity index is 3.22. The Kier molecular flexibility index (Phi) is 4.01. The van der Waals surface area contributed by atoms with E-state index in [1.54, 1.807) is 0 Å². The standard InChI is InChI=1S/C10H15FN2O2S/c1-3-13-6-8-5-9(16(12,14)15)4-7(2)10(8)11/h4-5,13H,3,6H2,1-2H3,(H2,12,14,15). The summed E-state index contributed by atoms with van der Waals surface area (Å²) >= 11 is 0. The minimum absolute atomic E-state index is 0.0562. The van der Waals surface area contributed by atoms with Gasteiger partial charge in [0.05, 0.1) is 4.90 Å². The zero-order valence-electron chi connectivity index (χ0n) is 9.25.